The molecule has 7 heteroatoms. The second-order valence-electron chi connectivity index (χ2n) is 6.85. The maximum Gasteiger partial charge on any atom is 0.258 e. The Labute approximate surface area is 180 Å². The zero-order valence-corrected chi connectivity index (χ0v) is 17.6. The van der Waals surface area contributed by atoms with Gasteiger partial charge in [-0.3, -0.25) is 0 Å². The minimum absolute atomic E-state index is 0.196. The highest BCUT2D eigenvalue weighted by molar-refractivity contribution is 7.80. The highest BCUT2D eigenvalue weighted by Crippen LogP contribution is 2.37. The first-order valence-corrected chi connectivity index (χ1v) is 9.96. The van der Waals surface area contributed by atoms with Crippen LogP contribution in [0, 0.1) is 0 Å². The largest absolute Gasteiger partial charge is 0.497 e. The Hall–Kier alpha value is -3.45. The Morgan fingerprint density at radius 1 is 1.23 bits per heavy atom. The van der Waals surface area contributed by atoms with E-state index in [0.717, 1.165) is 28.1 Å². The van der Waals surface area contributed by atoms with E-state index in [0.29, 0.717) is 23.4 Å². The number of thiocarbonyl (C=S) groups is 1. The molecule has 1 aromatic heterocycles. The topological polar surface area (TPSA) is 63.4 Å². The fourth-order valence-corrected chi connectivity index (χ4v) is 3.84. The van der Waals surface area contributed by atoms with Crippen LogP contribution in [0.25, 0.3) is 17.0 Å². The van der Waals surface area contributed by atoms with E-state index in [1.54, 1.807) is 7.11 Å². The third-order valence-electron chi connectivity index (χ3n) is 5.03. The van der Waals surface area contributed by atoms with Crippen molar-refractivity contribution in [3.63, 3.8) is 0 Å². The molecule has 6 nitrogen and oxygen atoms in total. The summed E-state index contributed by atoms with van der Waals surface area (Å²) in [7, 11) is 1.63. The van der Waals surface area contributed by atoms with E-state index >= 15 is 0 Å². The van der Waals surface area contributed by atoms with Gasteiger partial charge in [0.25, 0.3) is 5.89 Å². The molecular formula is C23H22N4O2S. The zero-order chi connectivity index (χ0) is 21.1. The Morgan fingerprint density at radius 3 is 2.77 bits per heavy atom. The molecule has 1 aliphatic heterocycles. The molecule has 0 amide bonds. The van der Waals surface area contributed by atoms with E-state index in [1.165, 1.54) is 0 Å². The van der Waals surface area contributed by atoms with Crippen molar-refractivity contribution >= 4 is 22.9 Å². The second-order valence-corrected chi connectivity index (χ2v) is 7.23. The monoisotopic (exact) mass is 418 g/mol. The van der Waals surface area contributed by atoms with Gasteiger partial charge in [-0.2, -0.15) is 4.98 Å². The molecular weight excluding hydrogens is 396 g/mol. The summed E-state index contributed by atoms with van der Waals surface area (Å²) in [4.78, 5) is 6.68. The lowest BCUT2D eigenvalue weighted by molar-refractivity contribution is 0.399. The van der Waals surface area contributed by atoms with Crippen LogP contribution >= 0.6 is 12.2 Å². The Balaban J connectivity index is 1.81. The Kier molecular flexibility index (Phi) is 5.63. The lowest BCUT2D eigenvalue weighted by Gasteiger charge is -2.36. The van der Waals surface area contributed by atoms with Gasteiger partial charge in [0.05, 0.1) is 18.7 Å². The van der Waals surface area contributed by atoms with Crippen molar-refractivity contribution in [2.24, 2.45) is 0 Å². The summed E-state index contributed by atoms with van der Waals surface area (Å²) in [5.74, 6) is 1.68. The van der Waals surface area contributed by atoms with Crippen LogP contribution in [-0.2, 0) is 0 Å². The van der Waals surface area contributed by atoms with E-state index in [9.17, 15) is 0 Å². The van der Waals surface area contributed by atoms with Gasteiger partial charge in [0.1, 0.15) is 5.75 Å². The highest BCUT2D eigenvalue weighted by atomic mass is 32.1. The van der Waals surface area contributed by atoms with Gasteiger partial charge in [0, 0.05) is 17.8 Å². The summed E-state index contributed by atoms with van der Waals surface area (Å²) >= 11 is 5.61. The number of rotatable bonds is 6. The SMILES string of the molecule is C=CCN1C(=S)NC(c2ccccc2)C(c2nc(-c3cccc(OC)c3)no2)=C1C. The van der Waals surface area contributed by atoms with Crippen LogP contribution in [0.3, 0.4) is 0 Å². The van der Waals surface area contributed by atoms with Crippen molar-refractivity contribution in [3.05, 3.63) is 84.4 Å². The predicted octanol–water partition coefficient (Wildman–Crippen LogP) is 4.59. The molecule has 4 rings (SSSR count). The molecule has 1 atom stereocenters. The molecule has 0 saturated heterocycles. The number of methoxy groups -OCH3 is 1. The van der Waals surface area contributed by atoms with Gasteiger partial charge >= 0.3 is 0 Å². The zero-order valence-electron chi connectivity index (χ0n) is 16.8. The van der Waals surface area contributed by atoms with Gasteiger partial charge in [0.2, 0.25) is 5.82 Å². The van der Waals surface area contributed by atoms with Crippen molar-refractivity contribution in [3.8, 4) is 17.1 Å². The number of hydrogen-bond donors (Lipinski definition) is 1. The number of nitrogens with zero attached hydrogens (tertiary/aromatic N) is 3. The van der Waals surface area contributed by atoms with E-state index in [4.69, 9.17) is 26.5 Å². The average molecular weight is 419 g/mol. The van der Waals surface area contributed by atoms with Crippen molar-refractivity contribution in [1.29, 1.82) is 0 Å². The number of nitrogens with one attached hydrogen (secondary N) is 1. The number of hydrogen-bond acceptors (Lipinski definition) is 5. The predicted molar refractivity (Wildman–Crippen MR) is 121 cm³/mol. The van der Waals surface area contributed by atoms with Crippen LogP contribution in [0.15, 0.2) is 77.5 Å². The molecule has 2 aromatic carbocycles. The Morgan fingerprint density at radius 2 is 2.03 bits per heavy atom. The lowest BCUT2D eigenvalue weighted by atomic mass is 9.95. The molecule has 3 aromatic rings. The normalized spacial score (nSPS) is 16.4. The van der Waals surface area contributed by atoms with Gasteiger partial charge in [0.15, 0.2) is 5.11 Å². The number of aromatic nitrogens is 2. The maximum absolute atomic E-state index is 5.72. The number of allylic oxidation sites excluding steroid dienone is 1. The second kappa shape index (κ2) is 8.51. The smallest absolute Gasteiger partial charge is 0.258 e. The van der Waals surface area contributed by atoms with Gasteiger partial charge < -0.3 is 19.5 Å². The molecule has 0 spiro atoms. The maximum atomic E-state index is 5.72. The van der Waals surface area contributed by atoms with Crippen LogP contribution in [0.1, 0.15) is 24.4 Å². The van der Waals surface area contributed by atoms with Crippen LogP contribution in [0.4, 0.5) is 0 Å². The van der Waals surface area contributed by atoms with E-state index in [-0.39, 0.29) is 6.04 Å². The first kappa shape index (κ1) is 19.8. The molecule has 1 N–H and O–H groups in total. The van der Waals surface area contributed by atoms with Crippen molar-refractivity contribution in [1.82, 2.24) is 20.4 Å². The minimum atomic E-state index is -0.196. The van der Waals surface area contributed by atoms with Crippen LogP contribution in [0.2, 0.25) is 0 Å². The van der Waals surface area contributed by atoms with Gasteiger partial charge in [-0.25, -0.2) is 0 Å². The van der Waals surface area contributed by atoms with Crippen LogP contribution in [-0.4, -0.2) is 33.8 Å². The van der Waals surface area contributed by atoms with Gasteiger partial charge in [-0.05, 0) is 36.8 Å². The molecule has 0 saturated carbocycles. The fraction of sp³-hybridized carbons (Fsp3) is 0.174. The lowest BCUT2D eigenvalue weighted by Crippen LogP contribution is -2.45. The minimum Gasteiger partial charge on any atom is -0.497 e. The van der Waals surface area contributed by atoms with Gasteiger partial charge in [-0.1, -0.05) is 53.7 Å². The third kappa shape index (κ3) is 3.71. The molecule has 0 radical (unpaired) electrons. The summed E-state index contributed by atoms with van der Waals surface area (Å²) in [6, 6.07) is 17.5. The molecule has 0 fully saturated rings. The first-order valence-electron chi connectivity index (χ1n) is 9.55. The van der Waals surface area contributed by atoms with E-state index in [1.807, 2.05) is 60.4 Å². The van der Waals surface area contributed by atoms with E-state index in [2.05, 4.69) is 29.2 Å². The molecule has 30 heavy (non-hydrogen) atoms. The standard InChI is InChI=1S/C23H22N4O2S/c1-4-13-27-15(2)19(20(24-23(27)30)16-9-6-5-7-10-16)22-25-21(26-29-22)17-11-8-12-18(14-17)28-3/h4-12,14,20H,1,13H2,2-3H3,(H,24,30). The molecule has 1 aliphatic rings. The summed E-state index contributed by atoms with van der Waals surface area (Å²) in [6.07, 6.45) is 1.81. The number of benzene rings is 2. The van der Waals surface area contributed by atoms with Crippen LogP contribution < -0.4 is 10.1 Å². The molecule has 2 heterocycles. The summed E-state index contributed by atoms with van der Waals surface area (Å²) < 4.78 is 11.0. The van der Waals surface area contributed by atoms with Crippen molar-refractivity contribution in [2.75, 3.05) is 13.7 Å². The molecule has 1 unspecified atom stereocenters. The highest BCUT2D eigenvalue weighted by Gasteiger charge is 2.33. The summed E-state index contributed by atoms with van der Waals surface area (Å²) in [5.41, 5.74) is 3.72. The molecule has 0 aliphatic carbocycles. The Bertz CT molecular complexity index is 1110. The quantitative estimate of drug-likeness (QED) is 0.464. The van der Waals surface area contributed by atoms with Gasteiger partial charge in [-0.15, -0.1) is 6.58 Å². The molecule has 0 bridgehead atoms. The van der Waals surface area contributed by atoms with E-state index < -0.39 is 0 Å². The molecule has 152 valence electrons. The summed E-state index contributed by atoms with van der Waals surface area (Å²) in [6.45, 7) is 6.44. The summed E-state index contributed by atoms with van der Waals surface area (Å²) in [5, 5.41) is 8.27. The average Bonchev–Trinajstić information content (AvgIpc) is 3.26. The number of ether oxygens (including phenoxy) is 1. The van der Waals surface area contributed by atoms with Crippen molar-refractivity contribution in [2.45, 2.75) is 13.0 Å². The third-order valence-corrected chi connectivity index (χ3v) is 5.36. The van der Waals surface area contributed by atoms with Crippen molar-refractivity contribution < 1.29 is 9.26 Å². The fourth-order valence-electron chi connectivity index (χ4n) is 3.52. The first-order chi connectivity index (χ1) is 14.6. The van der Waals surface area contributed by atoms with Crippen LogP contribution in [0.5, 0.6) is 5.75 Å².